The van der Waals surface area contributed by atoms with Gasteiger partial charge in [-0.25, -0.2) is 4.39 Å². The number of carbonyl (C=O) groups excluding carboxylic acids is 1. The van der Waals surface area contributed by atoms with Crippen LogP contribution in [-0.2, 0) is 4.79 Å². The minimum atomic E-state index is -0.382. The van der Waals surface area contributed by atoms with Gasteiger partial charge < -0.3 is 10.2 Å². The van der Waals surface area contributed by atoms with Gasteiger partial charge >= 0.3 is 0 Å². The van der Waals surface area contributed by atoms with Gasteiger partial charge in [-0.3, -0.25) is 4.79 Å². The number of para-hydroxylation sites is 1. The number of hydrogen-bond acceptors (Lipinski definition) is 2. The number of hydrogen-bond donors (Lipinski definition) is 1. The molecule has 0 aromatic heterocycles. The summed E-state index contributed by atoms with van der Waals surface area (Å²) in [4.78, 5) is 14.8. The van der Waals surface area contributed by atoms with E-state index in [1.807, 2.05) is 30.3 Å². The third-order valence-corrected chi connectivity index (χ3v) is 5.46. The summed E-state index contributed by atoms with van der Waals surface area (Å²) in [7, 11) is 0. The Labute approximate surface area is 151 Å². The first kappa shape index (κ1) is 16.4. The van der Waals surface area contributed by atoms with Gasteiger partial charge in [0, 0.05) is 24.0 Å². The van der Waals surface area contributed by atoms with Crippen molar-refractivity contribution in [3.63, 3.8) is 0 Å². The summed E-state index contributed by atoms with van der Waals surface area (Å²) >= 11 is 6.23. The van der Waals surface area contributed by atoms with E-state index in [2.05, 4.69) is 10.2 Å². The maximum Gasteiger partial charge on any atom is 0.228 e. The molecule has 2 fully saturated rings. The molecule has 5 heteroatoms. The molecule has 1 saturated heterocycles. The van der Waals surface area contributed by atoms with Gasteiger partial charge in [0.25, 0.3) is 0 Å². The van der Waals surface area contributed by atoms with Gasteiger partial charge in [-0.15, -0.1) is 0 Å². The zero-order valence-electron chi connectivity index (χ0n) is 13.8. The fourth-order valence-corrected chi connectivity index (χ4v) is 3.95. The fraction of sp³-hybridized carbons (Fsp3) is 0.350. The Bertz CT molecular complexity index is 804. The van der Waals surface area contributed by atoms with Crippen molar-refractivity contribution in [2.45, 2.75) is 25.2 Å². The van der Waals surface area contributed by atoms with Crippen molar-refractivity contribution < 1.29 is 9.18 Å². The molecule has 1 aliphatic heterocycles. The second-order valence-electron chi connectivity index (χ2n) is 6.79. The van der Waals surface area contributed by atoms with E-state index in [0.717, 1.165) is 43.6 Å². The topological polar surface area (TPSA) is 32.3 Å². The lowest BCUT2D eigenvalue weighted by atomic mass is 10.1. The molecule has 3 nitrogen and oxygen atoms in total. The van der Waals surface area contributed by atoms with Crippen LogP contribution in [0.1, 0.15) is 30.7 Å². The molecule has 130 valence electrons. The summed E-state index contributed by atoms with van der Waals surface area (Å²) in [6, 6.07) is 12.6. The highest BCUT2D eigenvalue weighted by atomic mass is 35.5. The molecule has 2 aliphatic rings. The Morgan fingerprint density at radius 2 is 1.88 bits per heavy atom. The molecule has 1 saturated carbocycles. The van der Waals surface area contributed by atoms with Crippen molar-refractivity contribution in [2.75, 3.05) is 23.3 Å². The van der Waals surface area contributed by atoms with Gasteiger partial charge in [-0.2, -0.15) is 0 Å². The lowest BCUT2D eigenvalue weighted by Gasteiger charge is -2.22. The first-order chi connectivity index (χ1) is 12.1. The van der Waals surface area contributed by atoms with Crippen LogP contribution in [0, 0.1) is 11.7 Å². The second kappa shape index (κ2) is 6.68. The zero-order valence-corrected chi connectivity index (χ0v) is 14.6. The number of rotatable bonds is 4. The molecular formula is C20H20ClFN2O. The molecule has 1 heterocycles. The molecule has 0 radical (unpaired) electrons. The molecule has 25 heavy (non-hydrogen) atoms. The van der Waals surface area contributed by atoms with Crippen molar-refractivity contribution in [3.8, 4) is 0 Å². The molecular weight excluding hydrogens is 339 g/mol. The Morgan fingerprint density at radius 1 is 1.12 bits per heavy atom. The minimum absolute atomic E-state index is 0.121. The smallest absolute Gasteiger partial charge is 0.228 e. The van der Waals surface area contributed by atoms with Gasteiger partial charge in [0.05, 0.1) is 5.69 Å². The summed E-state index contributed by atoms with van der Waals surface area (Å²) in [6.45, 7) is 1.80. The monoisotopic (exact) mass is 358 g/mol. The number of amides is 1. The lowest BCUT2D eigenvalue weighted by molar-refractivity contribution is -0.117. The summed E-state index contributed by atoms with van der Waals surface area (Å²) in [5.41, 5.74) is 2.08. The molecule has 4 rings (SSSR count). The van der Waals surface area contributed by atoms with E-state index in [1.165, 1.54) is 6.07 Å². The quantitative estimate of drug-likeness (QED) is 0.849. The first-order valence-corrected chi connectivity index (χ1v) is 9.11. The molecule has 2 atom stereocenters. The van der Waals surface area contributed by atoms with Gasteiger partial charge in [-0.05, 0) is 48.9 Å². The fourth-order valence-electron chi connectivity index (χ4n) is 3.68. The third kappa shape index (κ3) is 3.23. The largest absolute Gasteiger partial charge is 0.370 e. The van der Waals surface area contributed by atoms with Gasteiger partial charge in [-0.1, -0.05) is 35.9 Å². The molecule has 2 unspecified atom stereocenters. The molecule has 2 aromatic carbocycles. The number of halogens is 2. The minimum Gasteiger partial charge on any atom is -0.370 e. The van der Waals surface area contributed by atoms with Gasteiger partial charge in [0.15, 0.2) is 0 Å². The number of nitrogens with one attached hydrogen (secondary N) is 1. The van der Waals surface area contributed by atoms with Crippen molar-refractivity contribution in [1.82, 2.24) is 0 Å². The normalized spacial score (nSPS) is 22.1. The van der Waals surface area contributed by atoms with E-state index in [1.54, 1.807) is 6.07 Å². The summed E-state index contributed by atoms with van der Waals surface area (Å²) in [5, 5.41) is 3.52. The van der Waals surface area contributed by atoms with E-state index in [9.17, 15) is 9.18 Å². The van der Waals surface area contributed by atoms with Crippen LogP contribution in [0.5, 0.6) is 0 Å². The Kier molecular flexibility index (Phi) is 4.38. The van der Waals surface area contributed by atoms with Gasteiger partial charge in [0.1, 0.15) is 11.5 Å². The van der Waals surface area contributed by atoms with Crippen molar-refractivity contribution in [3.05, 3.63) is 58.9 Å². The highest BCUT2D eigenvalue weighted by Gasteiger charge is 2.45. The van der Waals surface area contributed by atoms with E-state index < -0.39 is 0 Å². The predicted molar refractivity (Wildman–Crippen MR) is 98.8 cm³/mol. The van der Waals surface area contributed by atoms with Crippen LogP contribution in [0.2, 0.25) is 5.02 Å². The van der Waals surface area contributed by atoms with Crippen LogP contribution in [0.15, 0.2) is 42.5 Å². The average molecular weight is 359 g/mol. The first-order valence-electron chi connectivity index (χ1n) is 8.74. The molecule has 1 amide bonds. The van der Waals surface area contributed by atoms with Crippen molar-refractivity contribution in [2.24, 2.45) is 5.92 Å². The molecule has 1 N–H and O–H groups in total. The number of benzene rings is 2. The van der Waals surface area contributed by atoms with Crippen molar-refractivity contribution >= 4 is 28.9 Å². The Balaban J connectivity index is 1.52. The standard InChI is InChI=1S/C20H20ClFN2O/c21-16-7-2-1-6-13(16)14-12-15(14)20(25)23-19-17(22)8-5-9-18(19)24-10-3-4-11-24/h1-2,5-9,14-15H,3-4,10-12H2,(H,23,25). The van der Waals surface area contributed by atoms with Crippen LogP contribution < -0.4 is 10.2 Å². The van der Waals surface area contributed by atoms with Crippen molar-refractivity contribution in [1.29, 1.82) is 0 Å². The average Bonchev–Trinajstić information content (AvgIpc) is 3.21. The maximum atomic E-state index is 14.4. The molecule has 1 aliphatic carbocycles. The SMILES string of the molecule is O=C(Nc1c(F)cccc1N1CCCC1)C1CC1c1ccccc1Cl. The highest BCUT2D eigenvalue weighted by Crippen LogP contribution is 2.50. The Hall–Kier alpha value is -2.07. The predicted octanol–water partition coefficient (Wildman–Crippen LogP) is 4.82. The second-order valence-corrected chi connectivity index (χ2v) is 7.19. The summed E-state index contributed by atoms with van der Waals surface area (Å²) < 4.78 is 14.4. The van der Waals surface area contributed by atoms with E-state index in [0.29, 0.717) is 10.7 Å². The third-order valence-electron chi connectivity index (χ3n) is 5.12. The van der Waals surface area contributed by atoms with Crippen LogP contribution in [0.4, 0.5) is 15.8 Å². The van der Waals surface area contributed by atoms with Gasteiger partial charge in [0.2, 0.25) is 5.91 Å². The lowest BCUT2D eigenvalue weighted by Crippen LogP contribution is -2.22. The van der Waals surface area contributed by atoms with E-state index in [-0.39, 0.29) is 23.6 Å². The number of nitrogens with zero attached hydrogens (tertiary/aromatic N) is 1. The number of anilines is 2. The molecule has 0 spiro atoms. The molecule has 0 bridgehead atoms. The summed E-state index contributed by atoms with van der Waals surface area (Å²) in [5.74, 6) is -0.537. The highest BCUT2D eigenvalue weighted by molar-refractivity contribution is 6.31. The van der Waals surface area contributed by atoms with Crippen LogP contribution >= 0.6 is 11.6 Å². The number of carbonyl (C=O) groups is 1. The Morgan fingerprint density at radius 3 is 2.64 bits per heavy atom. The van der Waals surface area contributed by atoms with Crippen LogP contribution in [0.3, 0.4) is 0 Å². The zero-order chi connectivity index (χ0) is 17.4. The van der Waals surface area contributed by atoms with E-state index >= 15 is 0 Å². The van der Waals surface area contributed by atoms with Crippen LogP contribution in [0.25, 0.3) is 0 Å². The maximum absolute atomic E-state index is 14.4. The summed E-state index contributed by atoms with van der Waals surface area (Å²) in [6.07, 6.45) is 2.95. The van der Waals surface area contributed by atoms with E-state index in [4.69, 9.17) is 11.6 Å². The van der Waals surface area contributed by atoms with Crippen LogP contribution in [-0.4, -0.2) is 19.0 Å². The molecule has 2 aromatic rings.